The highest BCUT2D eigenvalue weighted by Gasteiger charge is 2.20. The molecular formula is C23H30N4O3S3. The summed E-state index contributed by atoms with van der Waals surface area (Å²) in [6, 6.07) is 7.55. The molecule has 0 unspecified atom stereocenters. The van der Waals surface area contributed by atoms with Gasteiger partial charge in [-0.2, -0.15) is 24.4 Å². The van der Waals surface area contributed by atoms with E-state index in [1.807, 2.05) is 19.1 Å². The lowest BCUT2D eigenvalue weighted by Gasteiger charge is -2.29. The monoisotopic (exact) mass is 506 g/mol. The Bertz CT molecular complexity index is 1050. The molecule has 1 fully saturated rings. The molecule has 1 N–H and O–H groups in total. The van der Waals surface area contributed by atoms with E-state index in [0.29, 0.717) is 29.7 Å². The lowest BCUT2D eigenvalue weighted by atomic mass is 10.2. The van der Waals surface area contributed by atoms with Crippen molar-refractivity contribution in [3.63, 3.8) is 0 Å². The number of methoxy groups -OCH3 is 1. The molecule has 0 aliphatic carbocycles. The highest BCUT2D eigenvalue weighted by Crippen LogP contribution is 2.39. The lowest BCUT2D eigenvalue weighted by Crippen LogP contribution is -2.36. The summed E-state index contributed by atoms with van der Waals surface area (Å²) in [6.07, 6.45) is 1.68. The van der Waals surface area contributed by atoms with Crippen LogP contribution in [0.2, 0.25) is 0 Å². The first-order valence-corrected chi connectivity index (χ1v) is 13.5. The lowest BCUT2D eigenvalue weighted by molar-refractivity contribution is 0.102. The SMILES string of the molecule is CCS.CCSCc1cc(C(=O)Nc2nc3c(OC)ccc(N4CCOCC4)c3s2)ccn1. The van der Waals surface area contributed by atoms with Gasteiger partial charge < -0.3 is 14.4 Å². The Morgan fingerprint density at radius 2 is 2.06 bits per heavy atom. The summed E-state index contributed by atoms with van der Waals surface area (Å²) in [5.74, 6) is 3.25. The molecule has 0 saturated carbocycles. The first kappa shape index (κ1) is 25.6. The molecule has 7 nitrogen and oxygen atoms in total. The first-order valence-electron chi connectivity index (χ1n) is 10.9. The van der Waals surface area contributed by atoms with Crippen LogP contribution in [0.1, 0.15) is 29.9 Å². The summed E-state index contributed by atoms with van der Waals surface area (Å²) in [7, 11) is 1.63. The third-order valence-corrected chi connectivity index (χ3v) is 6.71. The van der Waals surface area contributed by atoms with Crippen molar-refractivity contribution in [1.29, 1.82) is 0 Å². The van der Waals surface area contributed by atoms with Gasteiger partial charge in [0, 0.05) is 30.6 Å². The summed E-state index contributed by atoms with van der Waals surface area (Å²) in [4.78, 5) is 24.1. The van der Waals surface area contributed by atoms with Crippen molar-refractivity contribution in [2.75, 3.05) is 55.1 Å². The molecular weight excluding hydrogens is 476 g/mol. The number of morpholine rings is 1. The normalized spacial score (nSPS) is 13.4. The number of hydrogen-bond acceptors (Lipinski definition) is 9. The third kappa shape index (κ3) is 6.75. The van der Waals surface area contributed by atoms with E-state index < -0.39 is 0 Å². The van der Waals surface area contributed by atoms with Crippen LogP contribution in [0.4, 0.5) is 10.8 Å². The second-order valence-corrected chi connectivity index (χ2v) is 9.93. The van der Waals surface area contributed by atoms with Crippen molar-refractivity contribution in [1.82, 2.24) is 9.97 Å². The molecule has 1 aliphatic rings. The number of benzene rings is 1. The van der Waals surface area contributed by atoms with Crippen LogP contribution in [0.25, 0.3) is 10.2 Å². The van der Waals surface area contributed by atoms with Crippen LogP contribution in [-0.2, 0) is 10.5 Å². The predicted molar refractivity (Wildman–Crippen MR) is 143 cm³/mol. The fourth-order valence-electron chi connectivity index (χ4n) is 3.32. The van der Waals surface area contributed by atoms with Crippen LogP contribution in [0.5, 0.6) is 5.75 Å². The fourth-order valence-corrected chi connectivity index (χ4v) is 4.91. The van der Waals surface area contributed by atoms with E-state index in [1.165, 1.54) is 11.3 Å². The number of rotatable bonds is 7. The summed E-state index contributed by atoms with van der Waals surface area (Å²) in [6.45, 7) is 7.16. The molecule has 3 aromatic rings. The number of thioether (sulfide) groups is 1. The number of thiazole rings is 1. The average Bonchev–Trinajstić information content (AvgIpc) is 3.27. The minimum absolute atomic E-state index is 0.189. The van der Waals surface area contributed by atoms with Crippen LogP contribution >= 0.6 is 35.7 Å². The van der Waals surface area contributed by atoms with Gasteiger partial charge in [0.2, 0.25) is 0 Å². The zero-order valence-corrected chi connectivity index (χ0v) is 21.7. The smallest absolute Gasteiger partial charge is 0.257 e. The number of nitrogens with one attached hydrogen (secondary N) is 1. The van der Waals surface area contributed by atoms with Gasteiger partial charge in [-0.15, -0.1) is 0 Å². The van der Waals surface area contributed by atoms with E-state index in [0.717, 1.165) is 51.9 Å². The summed E-state index contributed by atoms with van der Waals surface area (Å²) in [5, 5.41) is 3.50. The number of nitrogens with zero attached hydrogens (tertiary/aromatic N) is 3. The summed E-state index contributed by atoms with van der Waals surface area (Å²) >= 11 is 7.03. The Labute approximate surface area is 208 Å². The van der Waals surface area contributed by atoms with Gasteiger partial charge in [0.15, 0.2) is 5.13 Å². The van der Waals surface area contributed by atoms with Crippen LogP contribution in [0.3, 0.4) is 0 Å². The summed E-state index contributed by atoms with van der Waals surface area (Å²) < 4.78 is 12.0. The van der Waals surface area contributed by atoms with Crippen molar-refractivity contribution >= 4 is 62.7 Å². The van der Waals surface area contributed by atoms with Gasteiger partial charge >= 0.3 is 0 Å². The zero-order valence-electron chi connectivity index (χ0n) is 19.2. The number of amides is 1. The Kier molecular flexibility index (Phi) is 10.1. The van der Waals surface area contributed by atoms with E-state index in [9.17, 15) is 4.79 Å². The van der Waals surface area contributed by atoms with Crippen LogP contribution in [0, 0.1) is 0 Å². The van der Waals surface area contributed by atoms with Gasteiger partial charge in [-0.05, 0) is 35.8 Å². The molecule has 0 atom stereocenters. The Morgan fingerprint density at radius 3 is 2.76 bits per heavy atom. The third-order valence-electron chi connectivity index (χ3n) is 4.81. The molecule has 0 bridgehead atoms. The fraction of sp³-hybridized carbons (Fsp3) is 0.435. The predicted octanol–water partition coefficient (Wildman–Crippen LogP) is 4.98. The molecule has 1 aliphatic heterocycles. The Hall–Kier alpha value is -2.01. The topological polar surface area (TPSA) is 76.6 Å². The quantitative estimate of drug-likeness (QED) is 0.438. The van der Waals surface area contributed by atoms with Gasteiger partial charge in [0.25, 0.3) is 5.91 Å². The highest BCUT2D eigenvalue weighted by molar-refractivity contribution is 7.98. The molecule has 33 heavy (non-hydrogen) atoms. The van der Waals surface area contributed by atoms with E-state index in [2.05, 4.69) is 45.8 Å². The van der Waals surface area contributed by atoms with Gasteiger partial charge in [-0.1, -0.05) is 25.2 Å². The maximum atomic E-state index is 12.8. The second kappa shape index (κ2) is 13.0. The number of fused-ring (bicyclic) bond motifs is 1. The van der Waals surface area contributed by atoms with Crippen molar-refractivity contribution < 1.29 is 14.3 Å². The van der Waals surface area contributed by atoms with Crippen LogP contribution in [0.15, 0.2) is 30.5 Å². The number of hydrogen-bond donors (Lipinski definition) is 2. The summed E-state index contributed by atoms with van der Waals surface area (Å²) in [5.41, 5.74) is 3.33. The minimum atomic E-state index is -0.189. The van der Waals surface area contributed by atoms with Crippen molar-refractivity contribution in [2.45, 2.75) is 19.6 Å². The number of carbonyl (C=O) groups is 1. The van der Waals surface area contributed by atoms with Crippen LogP contribution in [-0.4, -0.2) is 60.8 Å². The number of aromatic nitrogens is 2. The highest BCUT2D eigenvalue weighted by atomic mass is 32.2. The minimum Gasteiger partial charge on any atom is -0.494 e. The standard InChI is InChI=1S/C21H24N4O3S2.C2H6S/c1-3-29-13-15-12-14(6-7-22-15)20(26)24-21-23-18-17(27-2)5-4-16(19(18)30-21)25-8-10-28-11-9-25;1-2-3/h4-7,12H,3,8-11,13H2,1-2H3,(H,23,24,26);3H,2H2,1H3. The maximum absolute atomic E-state index is 12.8. The Balaban J connectivity index is 0.000000968. The number of anilines is 2. The van der Waals surface area contributed by atoms with Gasteiger partial charge in [0.05, 0.1) is 36.4 Å². The zero-order chi connectivity index (χ0) is 23.6. The molecule has 1 aromatic carbocycles. The van der Waals surface area contributed by atoms with E-state index in [1.54, 1.807) is 31.1 Å². The molecule has 4 rings (SSSR count). The van der Waals surface area contributed by atoms with Gasteiger partial charge in [-0.25, -0.2) is 4.98 Å². The number of thiol groups is 1. The van der Waals surface area contributed by atoms with Crippen molar-refractivity contribution in [2.24, 2.45) is 0 Å². The van der Waals surface area contributed by atoms with E-state index in [-0.39, 0.29) is 5.91 Å². The molecule has 0 radical (unpaired) electrons. The molecule has 1 amide bonds. The molecule has 1 saturated heterocycles. The van der Waals surface area contributed by atoms with Gasteiger partial charge in [0.1, 0.15) is 11.3 Å². The molecule has 10 heteroatoms. The molecule has 178 valence electrons. The Morgan fingerprint density at radius 1 is 1.30 bits per heavy atom. The average molecular weight is 507 g/mol. The van der Waals surface area contributed by atoms with Crippen molar-refractivity contribution in [3.05, 3.63) is 41.7 Å². The molecule has 2 aromatic heterocycles. The van der Waals surface area contributed by atoms with Gasteiger partial charge in [-0.3, -0.25) is 15.1 Å². The molecule has 3 heterocycles. The van der Waals surface area contributed by atoms with E-state index in [4.69, 9.17) is 9.47 Å². The largest absolute Gasteiger partial charge is 0.494 e. The van der Waals surface area contributed by atoms with Crippen molar-refractivity contribution in [3.8, 4) is 5.75 Å². The maximum Gasteiger partial charge on any atom is 0.257 e. The molecule has 0 spiro atoms. The number of ether oxygens (including phenoxy) is 2. The number of carbonyl (C=O) groups excluding carboxylic acids is 1. The number of pyridine rings is 1. The van der Waals surface area contributed by atoms with Crippen LogP contribution < -0.4 is 15.0 Å². The second-order valence-electron chi connectivity index (χ2n) is 7.03. The van der Waals surface area contributed by atoms with E-state index >= 15 is 0 Å². The first-order chi connectivity index (χ1) is 16.1.